The number of rotatable bonds is 5. The van der Waals surface area contributed by atoms with Crippen LogP contribution in [-0.4, -0.2) is 40.8 Å². The van der Waals surface area contributed by atoms with Crippen LogP contribution in [0.1, 0.15) is 5.56 Å². The van der Waals surface area contributed by atoms with Gasteiger partial charge in [-0.05, 0) is 18.2 Å². The van der Waals surface area contributed by atoms with Gasteiger partial charge in [0.25, 0.3) is 0 Å². The monoisotopic (exact) mass is 301 g/mol. The van der Waals surface area contributed by atoms with Crippen molar-refractivity contribution >= 4 is 16.0 Å². The molecule has 0 spiro atoms. The highest BCUT2D eigenvalue weighted by molar-refractivity contribution is 7.89. The van der Waals surface area contributed by atoms with Gasteiger partial charge in [-0.1, -0.05) is 0 Å². The van der Waals surface area contributed by atoms with Gasteiger partial charge in [-0.3, -0.25) is 4.79 Å². The quantitative estimate of drug-likeness (QED) is 0.757. The average Bonchev–Trinajstić information content (AvgIpc) is 2.33. The molecule has 0 atom stereocenters. The summed E-state index contributed by atoms with van der Waals surface area (Å²) in [5.41, 5.74) is 0.407. The van der Waals surface area contributed by atoms with Crippen LogP contribution in [0.25, 0.3) is 0 Å². The molecule has 0 unspecified atom stereocenters. The Balaban J connectivity index is 2.17. The topological polar surface area (TPSA) is 105 Å². The Bertz CT molecular complexity index is 608. The SMILES string of the molecule is COc1ccc(S(N)(=O)=O)cc1CC(=O)OC1COC1. The molecule has 8 heteroatoms. The molecule has 7 nitrogen and oxygen atoms in total. The van der Waals surface area contributed by atoms with Crippen LogP contribution in [0.4, 0.5) is 0 Å². The zero-order chi connectivity index (χ0) is 14.8. The second kappa shape index (κ2) is 5.78. The summed E-state index contributed by atoms with van der Waals surface area (Å²) in [7, 11) is -2.40. The van der Waals surface area contributed by atoms with Crippen LogP contribution < -0.4 is 9.88 Å². The first-order valence-electron chi connectivity index (χ1n) is 5.87. The fourth-order valence-corrected chi connectivity index (χ4v) is 2.30. The molecule has 0 radical (unpaired) electrons. The molecule has 0 bridgehead atoms. The van der Waals surface area contributed by atoms with Crippen molar-refractivity contribution in [1.29, 1.82) is 0 Å². The van der Waals surface area contributed by atoms with Gasteiger partial charge in [0.05, 0.1) is 31.6 Å². The highest BCUT2D eigenvalue weighted by Crippen LogP contribution is 2.23. The molecule has 0 aromatic heterocycles. The van der Waals surface area contributed by atoms with Crippen LogP contribution in [0, 0.1) is 0 Å². The van der Waals surface area contributed by atoms with Crippen molar-refractivity contribution in [3.63, 3.8) is 0 Å². The zero-order valence-corrected chi connectivity index (χ0v) is 11.7. The largest absolute Gasteiger partial charge is 0.496 e. The van der Waals surface area contributed by atoms with Gasteiger partial charge in [0.15, 0.2) is 0 Å². The van der Waals surface area contributed by atoms with E-state index in [0.717, 1.165) is 0 Å². The highest BCUT2D eigenvalue weighted by atomic mass is 32.2. The van der Waals surface area contributed by atoms with Crippen LogP contribution in [-0.2, 0) is 30.7 Å². The minimum Gasteiger partial charge on any atom is -0.496 e. The number of primary sulfonamides is 1. The molecule has 0 amide bonds. The Morgan fingerprint density at radius 1 is 1.45 bits per heavy atom. The number of carbonyl (C=O) groups is 1. The Morgan fingerprint density at radius 2 is 2.15 bits per heavy atom. The minimum absolute atomic E-state index is 0.0759. The summed E-state index contributed by atoms with van der Waals surface area (Å²) < 4.78 is 37.7. The number of methoxy groups -OCH3 is 1. The van der Waals surface area contributed by atoms with E-state index in [1.54, 1.807) is 0 Å². The van der Waals surface area contributed by atoms with E-state index >= 15 is 0 Å². The molecule has 1 aromatic carbocycles. The van der Waals surface area contributed by atoms with Gasteiger partial charge in [0.2, 0.25) is 10.0 Å². The molecule has 1 aliphatic rings. The van der Waals surface area contributed by atoms with E-state index in [2.05, 4.69) is 0 Å². The lowest BCUT2D eigenvalue weighted by Crippen LogP contribution is -2.38. The van der Waals surface area contributed by atoms with Gasteiger partial charge >= 0.3 is 5.97 Å². The first kappa shape index (κ1) is 14.8. The lowest BCUT2D eigenvalue weighted by atomic mass is 10.1. The summed E-state index contributed by atoms with van der Waals surface area (Å²) >= 11 is 0. The standard InChI is InChI=1S/C12H15NO6S/c1-17-11-3-2-10(20(13,15)16)4-8(11)5-12(14)19-9-6-18-7-9/h2-4,9H,5-7H2,1H3,(H2,13,15,16). The van der Waals surface area contributed by atoms with Crippen molar-refractivity contribution < 1.29 is 27.4 Å². The van der Waals surface area contributed by atoms with E-state index in [4.69, 9.17) is 19.3 Å². The highest BCUT2D eigenvalue weighted by Gasteiger charge is 2.23. The maximum atomic E-state index is 11.7. The number of benzene rings is 1. The Hall–Kier alpha value is -1.64. The number of ether oxygens (including phenoxy) is 3. The van der Waals surface area contributed by atoms with Gasteiger partial charge in [0, 0.05) is 5.56 Å². The molecule has 1 fully saturated rings. The van der Waals surface area contributed by atoms with Gasteiger partial charge in [-0.15, -0.1) is 0 Å². The molecule has 2 N–H and O–H groups in total. The van der Waals surface area contributed by atoms with E-state index in [9.17, 15) is 13.2 Å². The molecule has 1 heterocycles. The van der Waals surface area contributed by atoms with E-state index in [0.29, 0.717) is 24.5 Å². The number of esters is 1. The molecule has 0 aliphatic carbocycles. The lowest BCUT2D eigenvalue weighted by Gasteiger charge is -2.25. The lowest BCUT2D eigenvalue weighted by molar-refractivity contribution is -0.171. The number of hydrogen-bond acceptors (Lipinski definition) is 6. The molecule has 110 valence electrons. The first-order chi connectivity index (χ1) is 9.40. The third-order valence-corrected chi connectivity index (χ3v) is 3.73. The van der Waals surface area contributed by atoms with E-state index in [-0.39, 0.29) is 17.4 Å². The molecular weight excluding hydrogens is 286 g/mol. The molecule has 0 saturated carbocycles. The van der Waals surface area contributed by atoms with Crippen LogP contribution in [0.2, 0.25) is 0 Å². The molecule has 20 heavy (non-hydrogen) atoms. The smallest absolute Gasteiger partial charge is 0.310 e. The predicted molar refractivity (Wildman–Crippen MR) is 68.8 cm³/mol. The molecule has 1 saturated heterocycles. The van der Waals surface area contributed by atoms with Gasteiger partial charge in [-0.25, -0.2) is 13.6 Å². The Labute approximate surface area is 116 Å². The van der Waals surface area contributed by atoms with Crippen molar-refractivity contribution in [2.24, 2.45) is 5.14 Å². The van der Waals surface area contributed by atoms with Crippen molar-refractivity contribution in [2.45, 2.75) is 17.4 Å². The second-order valence-corrected chi connectivity index (χ2v) is 5.91. The van der Waals surface area contributed by atoms with Crippen LogP contribution >= 0.6 is 0 Å². The first-order valence-corrected chi connectivity index (χ1v) is 7.41. The van der Waals surface area contributed by atoms with E-state index in [1.165, 1.54) is 25.3 Å². The van der Waals surface area contributed by atoms with Gasteiger partial charge < -0.3 is 14.2 Å². The second-order valence-electron chi connectivity index (χ2n) is 4.34. The molecule has 1 aromatic rings. The van der Waals surface area contributed by atoms with Gasteiger partial charge in [0.1, 0.15) is 11.9 Å². The summed E-state index contributed by atoms with van der Waals surface area (Å²) in [6.45, 7) is 0.778. The number of hydrogen-bond donors (Lipinski definition) is 1. The maximum Gasteiger partial charge on any atom is 0.310 e. The van der Waals surface area contributed by atoms with Gasteiger partial charge in [-0.2, -0.15) is 0 Å². The minimum atomic E-state index is -3.83. The molecule has 2 rings (SSSR count). The third-order valence-electron chi connectivity index (χ3n) is 2.82. The normalized spacial score (nSPS) is 15.5. The summed E-state index contributed by atoms with van der Waals surface area (Å²) in [6.07, 6.45) is -0.321. The van der Waals surface area contributed by atoms with Crippen molar-refractivity contribution in [2.75, 3.05) is 20.3 Å². The Morgan fingerprint density at radius 3 is 2.65 bits per heavy atom. The summed E-state index contributed by atoms with van der Waals surface area (Å²) in [5, 5.41) is 5.06. The van der Waals surface area contributed by atoms with Crippen LogP contribution in [0.3, 0.4) is 0 Å². The number of sulfonamides is 1. The van der Waals surface area contributed by atoms with Crippen molar-refractivity contribution in [1.82, 2.24) is 0 Å². The summed E-state index contributed by atoms with van der Waals surface area (Å²) in [4.78, 5) is 11.7. The van der Waals surface area contributed by atoms with Crippen LogP contribution in [0.15, 0.2) is 23.1 Å². The average molecular weight is 301 g/mol. The third kappa shape index (κ3) is 3.47. The molecular formula is C12H15NO6S. The summed E-state index contributed by atoms with van der Waals surface area (Å²) in [5.74, 6) is -0.0672. The van der Waals surface area contributed by atoms with E-state index < -0.39 is 16.0 Å². The zero-order valence-electron chi connectivity index (χ0n) is 10.9. The van der Waals surface area contributed by atoms with Crippen molar-refractivity contribution in [3.8, 4) is 5.75 Å². The fourth-order valence-electron chi connectivity index (χ4n) is 1.74. The van der Waals surface area contributed by atoms with E-state index in [1.807, 2.05) is 0 Å². The van der Waals surface area contributed by atoms with Crippen LogP contribution in [0.5, 0.6) is 5.75 Å². The fraction of sp³-hybridized carbons (Fsp3) is 0.417. The Kier molecular flexibility index (Phi) is 4.26. The number of carbonyl (C=O) groups excluding carboxylic acids is 1. The number of nitrogens with two attached hydrogens (primary N) is 1. The van der Waals surface area contributed by atoms with Crippen molar-refractivity contribution in [3.05, 3.63) is 23.8 Å². The summed E-state index contributed by atoms with van der Waals surface area (Å²) in [6, 6.07) is 4.09. The maximum absolute atomic E-state index is 11.7. The predicted octanol–water partition coefficient (Wildman–Crippen LogP) is -0.173. The molecule has 1 aliphatic heterocycles.